The number of hydrogen-bond acceptors (Lipinski definition) is 2. The number of nitrogens with two attached hydrogens (primary N) is 1. The molecule has 0 saturated carbocycles. The molecule has 0 aliphatic heterocycles. The van der Waals surface area contributed by atoms with Crippen molar-refractivity contribution < 1.29 is 9.13 Å². The van der Waals surface area contributed by atoms with E-state index >= 15 is 0 Å². The zero-order valence-electron chi connectivity index (χ0n) is 7.31. The monoisotopic (exact) mass is 247 g/mol. The maximum Gasteiger partial charge on any atom is 0.137 e. The lowest BCUT2D eigenvalue weighted by Crippen LogP contribution is -2.05. The van der Waals surface area contributed by atoms with Crippen molar-refractivity contribution in [1.29, 1.82) is 0 Å². The predicted molar refractivity (Wildman–Crippen MR) is 53.4 cm³/mol. The fourth-order valence-corrected chi connectivity index (χ4v) is 1.67. The van der Waals surface area contributed by atoms with E-state index in [0.717, 1.165) is 5.56 Å². The van der Waals surface area contributed by atoms with Crippen LogP contribution in [-0.2, 0) is 6.42 Å². The molecule has 0 heterocycles. The Hall–Kier alpha value is -0.610. The second-order valence-electron chi connectivity index (χ2n) is 2.58. The highest BCUT2D eigenvalue weighted by atomic mass is 79.9. The van der Waals surface area contributed by atoms with Gasteiger partial charge in [0.2, 0.25) is 0 Å². The summed E-state index contributed by atoms with van der Waals surface area (Å²) < 4.78 is 18.6. The summed E-state index contributed by atoms with van der Waals surface area (Å²) in [6.07, 6.45) is 0.599. The van der Waals surface area contributed by atoms with Gasteiger partial charge in [-0.25, -0.2) is 4.39 Å². The number of hydrogen-bond donors (Lipinski definition) is 1. The lowest BCUT2D eigenvalue weighted by Gasteiger charge is -2.09. The molecule has 0 bridgehead atoms. The second-order valence-corrected chi connectivity index (χ2v) is 3.37. The van der Waals surface area contributed by atoms with Crippen LogP contribution in [0.3, 0.4) is 0 Å². The molecule has 0 aliphatic rings. The van der Waals surface area contributed by atoms with E-state index < -0.39 is 0 Å². The van der Waals surface area contributed by atoms with Gasteiger partial charge in [0.15, 0.2) is 0 Å². The first-order valence-corrected chi connectivity index (χ1v) is 4.71. The minimum Gasteiger partial charge on any atom is -0.496 e. The highest BCUT2D eigenvalue weighted by molar-refractivity contribution is 9.10. The van der Waals surface area contributed by atoms with E-state index in [0.29, 0.717) is 23.2 Å². The lowest BCUT2D eigenvalue weighted by molar-refractivity contribution is 0.407. The van der Waals surface area contributed by atoms with Crippen molar-refractivity contribution in [3.05, 3.63) is 28.0 Å². The van der Waals surface area contributed by atoms with Crippen molar-refractivity contribution in [2.24, 2.45) is 5.73 Å². The first kappa shape index (κ1) is 10.5. The number of ether oxygens (including phenoxy) is 1. The Morgan fingerprint density at radius 2 is 2.23 bits per heavy atom. The Labute approximate surface area is 85.0 Å². The quantitative estimate of drug-likeness (QED) is 0.888. The molecule has 13 heavy (non-hydrogen) atoms. The van der Waals surface area contributed by atoms with Gasteiger partial charge in [0.05, 0.1) is 11.6 Å². The second kappa shape index (κ2) is 4.58. The molecule has 1 aromatic carbocycles. The molecule has 0 radical (unpaired) electrons. The van der Waals surface area contributed by atoms with E-state index in [4.69, 9.17) is 10.5 Å². The van der Waals surface area contributed by atoms with Crippen molar-refractivity contribution in [3.8, 4) is 5.75 Å². The van der Waals surface area contributed by atoms with Gasteiger partial charge in [-0.05, 0) is 41.0 Å². The summed E-state index contributed by atoms with van der Waals surface area (Å²) in [5.74, 6) is 0.378. The fraction of sp³-hybridized carbons (Fsp3) is 0.333. The van der Waals surface area contributed by atoms with E-state index in [1.165, 1.54) is 6.07 Å². The minimum atomic E-state index is -0.288. The highest BCUT2D eigenvalue weighted by Crippen LogP contribution is 2.29. The van der Waals surface area contributed by atoms with Gasteiger partial charge >= 0.3 is 0 Å². The van der Waals surface area contributed by atoms with Crippen molar-refractivity contribution in [2.75, 3.05) is 13.7 Å². The van der Waals surface area contributed by atoms with Gasteiger partial charge in [0.1, 0.15) is 11.6 Å². The normalized spacial score (nSPS) is 10.2. The van der Waals surface area contributed by atoms with Crippen LogP contribution in [-0.4, -0.2) is 13.7 Å². The molecule has 0 aliphatic carbocycles. The summed E-state index contributed by atoms with van der Waals surface area (Å²) in [7, 11) is 1.56. The summed E-state index contributed by atoms with van der Waals surface area (Å²) in [5.41, 5.74) is 6.19. The average molecular weight is 248 g/mol. The number of methoxy groups -OCH3 is 1. The maximum absolute atomic E-state index is 13.1. The zero-order chi connectivity index (χ0) is 9.84. The number of rotatable bonds is 3. The molecule has 0 amide bonds. The van der Waals surface area contributed by atoms with Crippen LogP contribution >= 0.6 is 15.9 Å². The molecule has 0 atom stereocenters. The third-order valence-electron chi connectivity index (χ3n) is 1.77. The van der Waals surface area contributed by atoms with Crippen molar-refractivity contribution >= 4 is 15.9 Å². The van der Waals surface area contributed by atoms with Gasteiger partial charge < -0.3 is 10.5 Å². The number of benzene rings is 1. The summed E-state index contributed by atoms with van der Waals surface area (Å²) >= 11 is 3.16. The molecule has 2 N–H and O–H groups in total. The average Bonchev–Trinajstić information content (AvgIpc) is 2.14. The molecular formula is C9H11BrFNO. The van der Waals surface area contributed by atoms with Crippen LogP contribution in [0, 0.1) is 5.82 Å². The van der Waals surface area contributed by atoms with Crippen molar-refractivity contribution in [2.45, 2.75) is 6.42 Å². The summed E-state index contributed by atoms with van der Waals surface area (Å²) in [5, 5.41) is 0. The largest absolute Gasteiger partial charge is 0.496 e. The van der Waals surface area contributed by atoms with Crippen LogP contribution < -0.4 is 10.5 Å². The van der Waals surface area contributed by atoms with Gasteiger partial charge in [-0.2, -0.15) is 0 Å². The molecule has 2 nitrogen and oxygen atoms in total. The molecule has 1 aromatic rings. The molecule has 1 rings (SSSR count). The van der Waals surface area contributed by atoms with Crippen LogP contribution in [0.15, 0.2) is 16.6 Å². The minimum absolute atomic E-state index is 0.288. The van der Waals surface area contributed by atoms with Crippen molar-refractivity contribution in [3.63, 3.8) is 0 Å². The molecule has 0 fully saturated rings. The smallest absolute Gasteiger partial charge is 0.137 e. The van der Waals surface area contributed by atoms with Crippen LogP contribution in [0.25, 0.3) is 0 Å². The van der Waals surface area contributed by atoms with E-state index in [9.17, 15) is 4.39 Å². The maximum atomic E-state index is 13.1. The van der Waals surface area contributed by atoms with E-state index in [2.05, 4.69) is 15.9 Å². The molecule has 72 valence electrons. The first-order valence-electron chi connectivity index (χ1n) is 3.91. The lowest BCUT2D eigenvalue weighted by atomic mass is 10.1. The third kappa shape index (κ3) is 2.19. The molecule has 0 saturated heterocycles. The topological polar surface area (TPSA) is 35.2 Å². The van der Waals surface area contributed by atoms with E-state index in [1.54, 1.807) is 13.2 Å². The van der Waals surface area contributed by atoms with Crippen LogP contribution in [0.2, 0.25) is 0 Å². The van der Waals surface area contributed by atoms with Gasteiger partial charge in [0.25, 0.3) is 0 Å². The van der Waals surface area contributed by atoms with Gasteiger partial charge in [-0.1, -0.05) is 0 Å². The first-order chi connectivity index (χ1) is 6.20. The molecule has 0 unspecified atom stereocenters. The standard InChI is InChI=1S/C9H11BrFNO/c1-13-8-3-2-7(11)9(10)6(8)4-5-12/h2-3H,4-5,12H2,1H3. The summed E-state index contributed by atoms with van der Waals surface area (Å²) in [4.78, 5) is 0. The molecule has 0 aromatic heterocycles. The Morgan fingerprint density at radius 3 is 2.77 bits per heavy atom. The Morgan fingerprint density at radius 1 is 1.54 bits per heavy atom. The van der Waals surface area contributed by atoms with Crippen LogP contribution in [0.1, 0.15) is 5.56 Å². The molecule has 0 spiro atoms. The number of halogens is 2. The third-order valence-corrected chi connectivity index (χ3v) is 2.62. The Balaban J connectivity index is 3.15. The summed E-state index contributed by atoms with van der Waals surface area (Å²) in [6.45, 7) is 0.471. The van der Waals surface area contributed by atoms with Crippen LogP contribution in [0.4, 0.5) is 4.39 Å². The predicted octanol–water partition coefficient (Wildman–Crippen LogP) is 2.10. The Kier molecular flexibility index (Phi) is 3.69. The van der Waals surface area contributed by atoms with E-state index in [1.807, 2.05) is 0 Å². The molecule has 4 heteroatoms. The van der Waals surface area contributed by atoms with Crippen LogP contribution in [0.5, 0.6) is 5.75 Å². The highest BCUT2D eigenvalue weighted by Gasteiger charge is 2.10. The van der Waals surface area contributed by atoms with Gasteiger partial charge in [-0.15, -0.1) is 0 Å². The fourth-order valence-electron chi connectivity index (χ4n) is 1.14. The zero-order valence-corrected chi connectivity index (χ0v) is 8.90. The van der Waals surface area contributed by atoms with E-state index in [-0.39, 0.29) is 5.82 Å². The molecular weight excluding hydrogens is 237 g/mol. The van der Waals surface area contributed by atoms with Gasteiger partial charge in [0, 0.05) is 5.56 Å². The Bertz CT molecular complexity index is 304. The summed E-state index contributed by atoms with van der Waals surface area (Å²) in [6, 6.07) is 2.97. The SMILES string of the molecule is COc1ccc(F)c(Br)c1CCN. The van der Waals surface area contributed by atoms with Gasteiger partial charge in [-0.3, -0.25) is 0 Å². The van der Waals surface area contributed by atoms with Crippen molar-refractivity contribution in [1.82, 2.24) is 0 Å².